The van der Waals surface area contributed by atoms with Gasteiger partial charge < -0.3 is 38.8 Å². The number of likely N-dealkylation sites (N-methyl/N-ethyl adjacent to an activating group) is 1. The minimum atomic E-state index is -5.19. The van der Waals surface area contributed by atoms with Gasteiger partial charge in [0.2, 0.25) is 5.91 Å². The van der Waals surface area contributed by atoms with Crippen LogP contribution in [0.15, 0.2) is 42.5 Å². The van der Waals surface area contributed by atoms with Crippen LogP contribution in [-0.2, 0) is 27.4 Å². The van der Waals surface area contributed by atoms with E-state index in [1.165, 1.54) is 9.80 Å². The average Bonchev–Trinajstić information content (AvgIpc) is 3.31. The number of carbonyl (C=O) groups excluding carboxylic acids is 3. The van der Waals surface area contributed by atoms with Gasteiger partial charge in [-0.15, -0.1) is 0 Å². The number of imide groups is 1. The summed E-state index contributed by atoms with van der Waals surface area (Å²) in [7, 11) is 1.54. The van der Waals surface area contributed by atoms with Crippen molar-refractivity contribution in [3.8, 4) is 5.75 Å². The smallest absolute Gasteiger partial charge is 0.430 e. The minimum absolute atomic E-state index is 0.195. The molecule has 4 heterocycles. The van der Waals surface area contributed by atoms with Crippen molar-refractivity contribution in [3.63, 3.8) is 0 Å². The number of quaternary nitrogens is 1. The molecule has 3 aliphatic heterocycles. The summed E-state index contributed by atoms with van der Waals surface area (Å²) < 4.78 is 45.3. The second kappa shape index (κ2) is 12.8. The van der Waals surface area contributed by atoms with E-state index in [2.05, 4.69) is 4.57 Å². The molecule has 2 saturated heterocycles. The Labute approximate surface area is 255 Å². The van der Waals surface area contributed by atoms with Crippen molar-refractivity contribution >= 4 is 34.8 Å². The molecule has 15 heteroatoms. The van der Waals surface area contributed by atoms with E-state index in [4.69, 9.17) is 19.4 Å². The van der Waals surface area contributed by atoms with Crippen LogP contribution >= 0.6 is 0 Å². The Bertz CT molecular complexity index is 1620. The van der Waals surface area contributed by atoms with Gasteiger partial charge in [0.1, 0.15) is 38.0 Å². The quantitative estimate of drug-likeness (QED) is 0.383. The summed E-state index contributed by atoms with van der Waals surface area (Å²) in [5.74, 6) is -3.85. The topological polar surface area (TPSA) is 146 Å². The lowest BCUT2D eigenvalue weighted by atomic mass is 9.89. The van der Waals surface area contributed by atoms with Crippen molar-refractivity contribution in [1.29, 1.82) is 0 Å². The highest BCUT2D eigenvalue weighted by Gasteiger charge is 2.44. The number of nitrogens with zero attached hydrogens (tertiary/aromatic N) is 3. The third-order valence-corrected chi connectivity index (χ3v) is 8.16. The maximum absolute atomic E-state index is 13.2. The number of aromatic nitrogens is 1. The summed E-state index contributed by atoms with van der Waals surface area (Å²) in [4.78, 5) is 50.5. The lowest BCUT2D eigenvalue weighted by Gasteiger charge is -2.41. The summed E-state index contributed by atoms with van der Waals surface area (Å²) in [5.41, 5.74) is 4.01. The molecule has 0 saturated carbocycles. The van der Waals surface area contributed by atoms with E-state index in [-0.39, 0.29) is 17.5 Å². The van der Waals surface area contributed by atoms with Gasteiger partial charge >= 0.3 is 18.2 Å². The van der Waals surface area contributed by atoms with Gasteiger partial charge in [0.15, 0.2) is 0 Å². The standard InChI is InChI=1S/C28H30N4O6.C2HF3O2/c1-29-26(33)22-16-31(28(29)36)17-24-25(22)21-14-20(38-13-10-30-8-11-37-12-9-30)6-7-23(21)32(24)15-18-2-4-19(5-3-18)27(34)35;3-2(4,5)1(6)7/h2-7,14,22H,8-13,15-17H2,1H3,(H,34,35);(H,6,7). The van der Waals surface area contributed by atoms with Gasteiger partial charge in [0.05, 0.1) is 31.2 Å². The van der Waals surface area contributed by atoms with Crippen molar-refractivity contribution in [2.75, 3.05) is 53.0 Å². The summed E-state index contributed by atoms with van der Waals surface area (Å²) in [6, 6.07) is 12.5. The normalized spacial score (nSPS) is 18.4. The highest BCUT2D eigenvalue weighted by Crippen LogP contribution is 2.41. The van der Waals surface area contributed by atoms with Gasteiger partial charge in [-0.1, -0.05) is 12.1 Å². The van der Waals surface area contributed by atoms with E-state index >= 15 is 0 Å². The molecule has 1 unspecified atom stereocenters. The Morgan fingerprint density at radius 3 is 2.40 bits per heavy atom. The lowest BCUT2D eigenvalue weighted by Crippen LogP contribution is -3.14. The van der Waals surface area contributed by atoms with Crippen LogP contribution in [0.4, 0.5) is 18.0 Å². The molecular formula is C30H31F3N4O8. The van der Waals surface area contributed by atoms with Gasteiger partial charge in [-0.05, 0) is 41.5 Å². The predicted octanol–water partition coefficient (Wildman–Crippen LogP) is 0.472. The van der Waals surface area contributed by atoms with Gasteiger partial charge in [-0.2, -0.15) is 13.2 Å². The maximum Gasteiger partial charge on any atom is 0.430 e. The van der Waals surface area contributed by atoms with E-state index in [9.17, 15) is 32.7 Å². The van der Waals surface area contributed by atoms with Crippen LogP contribution in [0.2, 0.25) is 0 Å². The van der Waals surface area contributed by atoms with Crippen molar-refractivity contribution in [2.24, 2.45) is 0 Å². The summed E-state index contributed by atoms with van der Waals surface area (Å²) in [6.07, 6.45) is -5.19. The number of alkyl halides is 3. The number of aromatic carboxylic acids is 1. The second-order valence-corrected chi connectivity index (χ2v) is 11.0. The lowest BCUT2D eigenvalue weighted by molar-refractivity contribution is -0.908. The molecule has 3 amide bonds. The summed E-state index contributed by atoms with van der Waals surface area (Å²) >= 11 is 0. The highest BCUT2D eigenvalue weighted by molar-refractivity contribution is 6.04. The van der Waals surface area contributed by atoms with Crippen molar-refractivity contribution in [2.45, 2.75) is 25.2 Å². The number of halogens is 3. The molecule has 45 heavy (non-hydrogen) atoms. The zero-order valence-electron chi connectivity index (χ0n) is 24.3. The van der Waals surface area contributed by atoms with Crippen LogP contribution in [-0.4, -0.2) is 103 Å². The number of rotatable bonds is 7. The zero-order valence-corrected chi connectivity index (χ0v) is 24.3. The number of aliphatic carboxylic acids is 1. The fourth-order valence-corrected chi connectivity index (χ4v) is 5.85. The number of hydrogen-bond donors (Lipinski definition) is 2. The number of fused-ring (bicyclic) bond motifs is 6. The summed E-state index contributed by atoms with van der Waals surface area (Å²) in [6.45, 7) is 6.28. The number of carbonyl (C=O) groups is 4. The largest absolute Gasteiger partial charge is 0.542 e. The molecule has 6 rings (SSSR count). The fraction of sp³-hybridized carbons (Fsp3) is 0.400. The SMILES string of the molecule is CN1C(=O)C2CN(Cc3c2c2cc(OCC[NH+]4CCOCC4)ccc2n3Cc2ccc(C(=O)O)cc2)C1=O.O=C([O-])C(F)(F)F. The first-order chi connectivity index (χ1) is 21.3. The Hall–Kier alpha value is -4.63. The van der Waals surface area contributed by atoms with Crippen LogP contribution in [0.3, 0.4) is 0 Å². The third-order valence-electron chi connectivity index (χ3n) is 8.16. The third kappa shape index (κ3) is 6.73. The van der Waals surface area contributed by atoms with E-state index in [1.54, 1.807) is 36.2 Å². The van der Waals surface area contributed by atoms with Crippen LogP contribution < -0.4 is 14.7 Å². The molecule has 0 aliphatic carbocycles. The van der Waals surface area contributed by atoms with Crippen LogP contribution in [0.1, 0.15) is 33.1 Å². The average molecular weight is 633 g/mol. The number of urea groups is 1. The molecule has 0 radical (unpaired) electrons. The Morgan fingerprint density at radius 2 is 1.78 bits per heavy atom. The Morgan fingerprint density at radius 1 is 1.11 bits per heavy atom. The molecule has 1 atom stereocenters. The maximum atomic E-state index is 13.2. The Balaban J connectivity index is 0.000000515. The van der Waals surface area contributed by atoms with Crippen LogP contribution in [0, 0.1) is 0 Å². The second-order valence-electron chi connectivity index (χ2n) is 11.0. The minimum Gasteiger partial charge on any atom is -0.542 e. The fourth-order valence-electron chi connectivity index (χ4n) is 5.85. The van der Waals surface area contributed by atoms with E-state index < -0.39 is 24.0 Å². The number of benzene rings is 2. The van der Waals surface area contributed by atoms with Gasteiger partial charge in [-0.25, -0.2) is 9.59 Å². The molecule has 240 valence electrons. The highest BCUT2D eigenvalue weighted by atomic mass is 19.4. The van der Waals surface area contributed by atoms with Crippen LogP contribution in [0.25, 0.3) is 10.9 Å². The van der Waals surface area contributed by atoms with E-state index in [0.29, 0.717) is 26.2 Å². The first kappa shape index (κ1) is 31.8. The zero-order chi connectivity index (χ0) is 32.5. The molecule has 3 aliphatic rings. The number of amides is 3. The Kier molecular flexibility index (Phi) is 9.02. The molecule has 12 nitrogen and oxygen atoms in total. The monoisotopic (exact) mass is 632 g/mol. The van der Waals surface area contributed by atoms with E-state index in [1.807, 2.05) is 18.2 Å². The molecule has 2 bridgehead atoms. The van der Waals surface area contributed by atoms with Crippen molar-refractivity contribution in [1.82, 2.24) is 14.4 Å². The molecule has 0 spiro atoms. The first-order valence-electron chi connectivity index (χ1n) is 14.2. The molecule has 2 fully saturated rings. The molecule has 2 N–H and O–H groups in total. The number of nitrogens with one attached hydrogen (secondary N) is 1. The van der Waals surface area contributed by atoms with Gasteiger partial charge in [-0.3, -0.25) is 9.69 Å². The number of ether oxygens (including phenoxy) is 2. The molecular weight excluding hydrogens is 601 g/mol. The number of carboxylic acids is 2. The molecule has 2 aromatic carbocycles. The number of hydrogen-bond acceptors (Lipinski definition) is 7. The molecule has 3 aromatic rings. The van der Waals surface area contributed by atoms with Crippen LogP contribution in [0.5, 0.6) is 5.75 Å². The van der Waals surface area contributed by atoms with Gasteiger partial charge in [0.25, 0.3) is 0 Å². The first-order valence-corrected chi connectivity index (χ1v) is 14.2. The molecule has 1 aromatic heterocycles. The predicted molar refractivity (Wildman–Crippen MR) is 149 cm³/mol. The van der Waals surface area contributed by atoms with Gasteiger partial charge in [0, 0.05) is 36.7 Å². The van der Waals surface area contributed by atoms with Crippen molar-refractivity contribution in [3.05, 3.63) is 64.8 Å². The summed E-state index contributed by atoms with van der Waals surface area (Å²) in [5, 5.41) is 19.0. The van der Waals surface area contributed by atoms with Crippen molar-refractivity contribution < 1.29 is 56.9 Å². The number of morpholine rings is 1. The number of carboxylic acid groups (broad SMARTS) is 2. The van der Waals surface area contributed by atoms with E-state index in [0.717, 1.165) is 66.3 Å².